The average molecular weight is 222 g/mol. The first kappa shape index (κ1) is 12.7. The van der Waals surface area contributed by atoms with Crippen molar-refractivity contribution in [2.75, 3.05) is 0 Å². The van der Waals surface area contributed by atoms with Crippen LogP contribution in [0.5, 0.6) is 0 Å². The molecule has 2 rings (SSSR count). The standard InChI is InChI=1S/C12H14O2.H4N2/c1-9-7-11(9)12(13)14-8-10-5-3-2-4-6-10;1-2/h2-6,9,11H,7-8H2,1H3;1-2H2. The predicted octanol–water partition coefficient (Wildman–Crippen LogP) is 1.20. The van der Waals surface area contributed by atoms with Crippen LogP contribution < -0.4 is 11.7 Å². The minimum Gasteiger partial charge on any atom is -0.461 e. The third-order valence-electron chi connectivity index (χ3n) is 2.64. The minimum absolute atomic E-state index is 0.0404. The highest BCUT2D eigenvalue weighted by Crippen LogP contribution is 2.38. The number of hydrogen-bond donors (Lipinski definition) is 2. The summed E-state index contributed by atoms with van der Waals surface area (Å²) in [5.74, 6) is 8.65. The summed E-state index contributed by atoms with van der Waals surface area (Å²) in [5.41, 5.74) is 1.05. The van der Waals surface area contributed by atoms with Crippen LogP contribution in [0.4, 0.5) is 0 Å². The van der Waals surface area contributed by atoms with Crippen LogP contribution >= 0.6 is 0 Å². The number of carbonyl (C=O) groups is 1. The Bertz CT molecular complexity index is 327. The number of nitrogens with two attached hydrogens (primary N) is 2. The summed E-state index contributed by atoms with van der Waals surface area (Å²) in [7, 11) is 0. The maximum Gasteiger partial charge on any atom is 0.309 e. The lowest BCUT2D eigenvalue weighted by Crippen LogP contribution is -2.07. The Hall–Kier alpha value is -1.39. The predicted molar refractivity (Wildman–Crippen MR) is 61.9 cm³/mol. The fraction of sp³-hybridized carbons (Fsp3) is 0.417. The quantitative estimate of drug-likeness (QED) is 0.457. The van der Waals surface area contributed by atoms with E-state index in [4.69, 9.17) is 4.74 Å². The summed E-state index contributed by atoms with van der Waals surface area (Å²) in [4.78, 5) is 11.4. The van der Waals surface area contributed by atoms with E-state index in [0.717, 1.165) is 12.0 Å². The number of esters is 1. The van der Waals surface area contributed by atoms with Gasteiger partial charge < -0.3 is 4.74 Å². The van der Waals surface area contributed by atoms with Gasteiger partial charge in [-0.3, -0.25) is 16.5 Å². The molecule has 1 aliphatic rings. The lowest BCUT2D eigenvalue weighted by Gasteiger charge is -2.03. The molecule has 1 aliphatic carbocycles. The second kappa shape index (κ2) is 6.25. The number of carbonyl (C=O) groups excluding carboxylic acids is 1. The van der Waals surface area contributed by atoms with Crippen LogP contribution in [0.15, 0.2) is 30.3 Å². The van der Waals surface area contributed by atoms with Gasteiger partial charge in [0.1, 0.15) is 6.61 Å². The zero-order valence-electron chi connectivity index (χ0n) is 9.43. The smallest absolute Gasteiger partial charge is 0.309 e. The first-order valence-corrected chi connectivity index (χ1v) is 5.31. The van der Waals surface area contributed by atoms with Crippen molar-refractivity contribution in [1.82, 2.24) is 0 Å². The van der Waals surface area contributed by atoms with Gasteiger partial charge in [-0.1, -0.05) is 37.3 Å². The number of benzene rings is 1. The molecule has 16 heavy (non-hydrogen) atoms. The SMILES string of the molecule is CC1CC1C(=O)OCc1ccccc1.NN. The number of rotatable bonds is 3. The van der Waals surface area contributed by atoms with Gasteiger partial charge in [-0.2, -0.15) is 0 Å². The molecule has 0 aliphatic heterocycles. The Labute approximate surface area is 95.5 Å². The van der Waals surface area contributed by atoms with Crippen molar-refractivity contribution in [3.8, 4) is 0 Å². The van der Waals surface area contributed by atoms with Crippen molar-refractivity contribution >= 4 is 5.97 Å². The Balaban J connectivity index is 0.000000606. The van der Waals surface area contributed by atoms with Gasteiger partial charge in [0.05, 0.1) is 5.92 Å². The monoisotopic (exact) mass is 222 g/mol. The van der Waals surface area contributed by atoms with Gasteiger partial charge in [-0.15, -0.1) is 0 Å². The van der Waals surface area contributed by atoms with E-state index in [0.29, 0.717) is 12.5 Å². The van der Waals surface area contributed by atoms with Crippen LogP contribution in [-0.4, -0.2) is 5.97 Å². The lowest BCUT2D eigenvalue weighted by molar-refractivity contribution is -0.146. The van der Waals surface area contributed by atoms with E-state index >= 15 is 0 Å². The summed E-state index contributed by atoms with van der Waals surface area (Å²) in [6.45, 7) is 2.48. The summed E-state index contributed by atoms with van der Waals surface area (Å²) in [5, 5.41) is 0. The van der Waals surface area contributed by atoms with Crippen LogP contribution in [-0.2, 0) is 16.1 Å². The maximum absolute atomic E-state index is 11.4. The Morgan fingerprint density at radius 1 is 1.38 bits per heavy atom. The van der Waals surface area contributed by atoms with E-state index in [1.54, 1.807) is 0 Å². The molecular weight excluding hydrogens is 204 g/mol. The molecule has 1 fully saturated rings. The average Bonchev–Trinajstić information content (AvgIpc) is 3.07. The molecule has 88 valence electrons. The van der Waals surface area contributed by atoms with Crippen molar-refractivity contribution in [2.24, 2.45) is 23.5 Å². The van der Waals surface area contributed by atoms with Crippen molar-refractivity contribution in [3.05, 3.63) is 35.9 Å². The molecule has 1 aromatic carbocycles. The molecule has 4 nitrogen and oxygen atoms in total. The largest absolute Gasteiger partial charge is 0.461 e. The lowest BCUT2D eigenvalue weighted by atomic mass is 10.2. The second-order valence-corrected chi connectivity index (χ2v) is 3.91. The molecule has 0 bridgehead atoms. The fourth-order valence-electron chi connectivity index (χ4n) is 1.49. The van der Waals surface area contributed by atoms with Crippen LogP contribution in [0.2, 0.25) is 0 Å². The highest BCUT2D eigenvalue weighted by atomic mass is 16.5. The summed E-state index contributed by atoms with van der Waals surface area (Å²) >= 11 is 0. The summed E-state index contributed by atoms with van der Waals surface area (Å²) in [6.07, 6.45) is 0.994. The molecule has 1 aromatic rings. The third-order valence-corrected chi connectivity index (χ3v) is 2.64. The molecule has 1 saturated carbocycles. The molecule has 0 amide bonds. The molecule has 0 radical (unpaired) electrons. The molecule has 0 spiro atoms. The fourth-order valence-corrected chi connectivity index (χ4v) is 1.49. The van der Waals surface area contributed by atoms with Gasteiger partial charge in [0.15, 0.2) is 0 Å². The Morgan fingerprint density at radius 2 is 1.94 bits per heavy atom. The van der Waals surface area contributed by atoms with Crippen LogP contribution in [0.25, 0.3) is 0 Å². The van der Waals surface area contributed by atoms with Gasteiger partial charge >= 0.3 is 5.97 Å². The number of hydrazine groups is 1. The van der Waals surface area contributed by atoms with Gasteiger partial charge in [0.25, 0.3) is 0 Å². The minimum atomic E-state index is -0.0404. The molecule has 2 unspecified atom stereocenters. The first-order chi connectivity index (χ1) is 7.77. The zero-order valence-corrected chi connectivity index (χ0v) is 9.43. The van der Waals surface area contributed by atoms with Gasteiger partial charge in [-0.05, 0) is 17.9 Å². The Morgan fingerprint density at radius 3 is 2.44 bits per heavy atom. The van der Waals surface area contributed by atoms with Gasteiger partial charge in [0, 0.05) is 0 Å². The molecule has 0 saturated heterocycles. The van der Waals surface area contributed by atoms with Gasteiger partial charge in [0.2, 0.25) is 0 Å². The van der Waals surface area contributed by atoms with E-state index in [9.17, 15) is 4.79 Å². The molecule has 4 heteroatoms. The molecular formula is C12H18N2O2. The zero-order chi connectivity index (χ0) is 12.0. The highest BCUT2D eigenvalue weighted by molar-refractivity contribution is 5.75. The third kappa shape index (κ3) is 3.64. The Kier molecular flexibility index (Phi) is 4.95. The molecule has 0 heterocycles. The molecule has 0 aromatic heterocycles. The van der Waals surface area contributed by atoms with E-state index in [2.05, 4.69) is 18.6 Å². The first-order valence-electron chi connectivity index (χ1n) is 5.31. The summed E-state index contributed by atoms with van der Waals surface area (Å²) in [6, 6.07) is 9.77. The maximum atomic E-state index is 11.4. The van der Waals surface area contributed by atoms with Crippen molar-refractivity contribution in [1.29, 1.82) is 0 Å². The van der Waals surface area contributed by atoms with Crippen molar-refractivity contribution < 1.29 is 9.53 Å². The van der Waals surface area contributed by atoms with Crippen LogP contribution in [0, 0.1) is 11.8 Å². The topological polar surface area (TPSA) is 78.3 Å². The van der Waals surface area contributed by atoms with Crippen LogP contribution in [0.1, 0.15) is 18.9 Å². The van der Waals surface area contributed by atoms with Crippen LogP contribution in [0.3, 0.4) is 0 Å². The molecule has 4 N–H and O–H groups in total. The second-order valence-electron chi connectivity index (χ2n) is 3.91. The summed E-state index contributed by atoms with van der Waals surface area (Å²) < 4.78 is 5.18. The van der Waals surface area contributed by atoms with Gasteiger partial charge in [-0.25, -0.2) is 0 Å². The van der Waals surface area contributed by atoms with E-state index < -0.39 is 0 Å². The normalized spacial score (nSPS) is 21.7. The van der Waals surface area contributed by atoms with Crippen molar-refractivity contribution in [3.63, 3.8) is 0 Å². The van der Waals surface area contributed by atoms with E-state index in [1.165, 1.54) is 0 Å². The van der Waals surface area contributed by atoms with E-state index in [1.807, 2.05) is 30.3 Å². The van der Waals surface area contributed by atoms with E-state index in [-0.39, 0.29) is 11.9 Å². The van der Waals surface area contributed by atoms with Crippen molar-refractivity contribution in [2.45, 2.75) is 20.0 Å². The number of hydrogen-bond acceptors (Lipinski definition) is 4. The number of ether oxygens (including phenoxy) is 1. The molecule has 2 atom stereocenters. The highest BCUT2D eigenvalue weighted by Gasteiger charge is 2.40.